The molecular formula is C17H26ClFN4O3Si. The number of aromatic nitrogens is 2. The summed E-state index contributed by atoms with van der Waals surface area (Å²) in [5.74, 6) is -0.480. The highest BCUT2D eigenvalue weighted by atomic mass is 35.5. The van der Waals surface area contributed by atoms with E-state index < -0.39 is 31.2 Å². The molecule has 7 nitrogen and oxygen atoms in total. The Hall–Kier alpha value is -1.45. The molecule has 2 N–H and O–H groups in total. The van der Waals surface area contributed by atoms with Crippen molar-refractivity contribution in [3.63, 3.8) is 0 Å². The van der Waals surface area contributed by atoms with E-state index in [1.54, 1.807) is 4.90 Å². The van der Waals surface area contributed by atoms with Crippen molar-refractivity contribution in [3.8, 4) is 0 Å². The molecular weight excluding hydrogens is 391 g/mol. The molecule has 2 fully saturated rings. The summed E-state index contributed by atoms with van der Waals surface area (Å²) >= 11 is 5.82. The highest BCUT2D eigenvalue weighted by Gasteiger charge is 2.74. The second-order valence-electron chi connectivity index (χ2n) is 9.18. The normalized spacial score (nSPS) is 27.4. The van der Waals surface area contributed by atoms with Crippen LogP contribution in [0.1, 0.15) is 27.2 Å². The van der Waals surface area contributed by atoms with E-state index in [4.69, 9.17) is 16.0 Å². The Labute approximate surface area is 164 Å². The van der Waals surface area contributed by atoms with Gasteiger partial charge in [-0.15, -0.1) is 0 Å². The number of nitrogens with zero attached hydrogens (tertiary/aromatic N) is 3. The average molecular weight is 417 g/mol. The third-order valence-electron chi connectivity index (χ3n) is 6.34. The van der Waals surface area contributed by atoms with E-state index in [9.17, 15) is 14.3 Å². The number of piperidine rings is 1. The van der Waals surface area contributed by atoms with E-state index in [1.807, 2.05) is 0 Å². The summed E-state index contributed by atoms with van der Waals surface area (Å²) in [6.07, 6.45) is 0.606. The maximum Gasteiger partial charge on any atom is 0.405 e. The summed E-state index contributed by atoms with van der Waals surface area (Å²) in [6, 6.07) is 0. The molecule has 3 rings (SSSR count). The zero-order valence-corrected chi connectivity index (χ0v) is 18.0. The number of carbonyl (C=O) groups is 1. The van der Waals surface area contributed by atoms with E-state index in [1.165, 1.54) is 0 Å². The van der Waals surface area contributed by atoms with Gasteiger partial charge in [-0.3, -0.25) is 0 Å². The highest BCUT2D eigenvalue weighted by molar-refractivity contribution is 6.74. The topological polar surface area (TPSA) is 87.6 Å². The Kier molecular flexibility index (Phi) is 4.72. The third-order valence-corrected chi connectivity index (χ3v) is 11.0. The van der Waals surface area contributed by atoms with Gasteiger partial charge in [-0.05, 0) is 36.2 Å². The van der Waals surface area contributed by atoms with Gasteiger partial charge in [0.05, 0.1) is 11.7 Å². The van der Waals surface area contributed by atoms with Crippen LogP contribution in [0.4, 0.5) is 15.0 Å². The molecule has 27 heavy (non-hydrogen) atoms. The molecule has 0 aromatic carbocycles. The Balaban J connectivity index is 1.84. The van der Waals surface area contributed by atoms with Crippen LogP contribution < -0.4 is 10.2 Å². The van der Waals surface area contributed by atoms with Crippen molar-refractivity contribution < 1.29 is 18.7 Å². The maximum absolute atomic E-state index is 14.2. The van der Waals surface area contributed by atoms with Crippen molar-refractivity contribution in [1.82, 2.24) is 15.3 Å². The molecule has 1 amide bonds. The van der Waals surface area contributed by atoms with Gasteiger partial charge in [-0.25, -0.2) is 14.2 Å². The molecule has 1 aromatic heterocycles. The van der Waals surface area contributed by atoms with Crippen LogP contribution in [-0.2, 0) is 4.43 Å². The molecule has 10 heteroatoms. The first-order valence-electron chi connectivity index (χ1n) is 8.89. The Morgan fingerprint density at radius 1 is 1.48 bits per heavy atom. The number of halogens is 2. The van der Waals surface area contributed by atoms with Crippen LogP contribution >= 0.6 is 11.6 Å². The SMILES string of the molecule is CC(C)(C)[Si](C)(C)OCC12CN(c3nc(Cl)ncc3F)CC1(NC(=O)O)C2. The molecule has 2 unspecified atom stereocenters. The first-order valence-corrected chi connectivity index (χ1v) is 12.2. The van der Waals surface area contributed by atoms with Gasteiger partial charge >= 0.3 is 6.09 Å². The fourth-order valence-electron chi connectivity index (χ4n) is 3.61. The summed E-state index contributed by atoms with van der Waals surface area (Å²) < 4.78 is 20.6. The number of anilines is 1. The summed E-state index contributed by atoms with van der Waals surface area (Å²) in [5.41, 5.74) is -1.06. The quantitative estimate of drug-likeness (QED) is 0.564. The van der Waals surface area contributed by atoms with Crippen LogP contribution in [0.3, 0.4) is 0 Å². The second-order valence-corrected chi connectivity index (χ2v) is 14.3. The molecule has 0 radical (unpaired) electrons. The zero-order chi connectivity index (χ0) is 20.3. The summed E-state index contributed by atoms with van der Waals surface area (Å²) in [6.45, 7) is 12.0. The average Bonchev–Trinajstić information content (AvgIpc) is 3.00. The predicted octanol–water partition coefficient (Wildman–Crippen LogP) is 3.51. The number of hydrogen-bond donors (Lipinski definition) is 2. The van der Waals surface area contributed by atoms with Crippen LogP contribution in [0.2, 0.25) is 23.4 Å². The van der Waals surface area contributed by atoms with E-state index >= 15 is 0 Å². The van der Waals surface area contributed by atoms with Crippen LogP contribution in [-0.4, -0.2) is 54.7 Å². The molecule has 2 aliphatic rings. The number of nitrogens with one attached hydrogen (secondary N) is 1. The standard InChI is InChI=1S/C17H26ClFN4O3Si/c1-15(2,3)27(4,5)26-10-16-7-17(16,22-14(24)25)9-23(8-16)12-11(19)6-20-13(18)21-12/h6,22H,7-10H2,1-5H3,(H,24,25). The first-order chi connectivity index (χ1) is 12.3. The lowest BCUT2D eigenvalue weighted by molar-refractivity contribution is 0.177. The van der Waals surface area contributed by atoms with Gasteiger partial charge in [0.15, 0.2) is 20.0 Å². The lowest BCUT2D eigenvalue weighted by Gasteiger charge is -2.37. The zero-order valence-electron chi connectivity index (χ0n) is 16.3. The van der Waals surface area contributed by atoms with E-state index in [-0.39, 0.29) is 16.1 Å². The lowest BCUT2D eigenvalue weighted by Crippen LogP contribution is -2.46. The van der Waals surface area contributed by atoms with Crippen molar-refractivity contribution in [1.29, 1.82) is 0 Å². The Bertz CT molecular complexity index is 775. The summed E-state index contributed by atoms with van der Waals surface area (Å²) in [4.78, 5) is 20.7. The summed E-state index contributed by atoms with van der Waals surface area (Å²) in [7, 11) is -2.00. The molecule has 1 aliphatic carbocycles. The fourth-order valence-corrected chi connectivity index (χ4v) is 4.81. The summed E-state index contributed by atoms with van der Waals surface area (Å²) in [5, 5.41) is 12.0. The smallest absolute Gasteiger partial charge is 0.405 e. The third kappa shape index (κ3) is 3.52. The van der Waals surface area contributed by atoms with Crippen molar-refractivity contribution in [2.24, 2.45) is 5.41 Å². The Morgan fingerprint density at radius 2 is 2.15 bits per heavy atom. The van der Waals surface area contributed by atoms with Gasteiger partial charge in [-0.1, -0.05) is 20.8 Å². The monoisotopic (exact) mass is 416 g/mol. The van der Waals surface area contributed by atoms with Gasteiger partial charge < -0.3 is 19.7 Å². The lowest BCUT2D eigenvalue weighted by atomic mass is 10.1. The maximum atomic E-state index is 14.2. The minimum absolute atomic E-state index is 0.0428. The van der Waals surface area contributed by atoms with Crippen molar-refractivity contribution >= 4 is 31.8 Å². The minimum Gasteiger partial charge on any atom is -0.465 e. The molecule has 1 aromatic rings. The molecule has 0 bridgehead atoms. The predicted molar refractivity (Wildman–Crippen MR) is 103 cm³/mol. The van der Waals surface area contributed by atoms with Gasteiger partial charge in [0, 0.05) is 25.1 Å². The second kappa shape index (κ2) is 6.28. The van der Waals surface area contributed by atoms with Crippen LogP contribution in [0.25, 0.3) is 0 Å². The largest absolute Gasteiger partial charge is 0.465 e. The fraction of sp³-hybridized carbons (Fsp3) is 0.706. The first kappa shape index (κ1) is 20.3. The molecule has 1 saturated carbocycles. The van der Waals surface area contributed by atoms with Gasteiger partial charge in [0.2, 0.25) is 5.28 Å². The van der Waals surface area contributed by atoms with Crippen LogP contribution in [0.5, 0.6) is 0 Å². The molecule has 150 valence electrons. The number of amides is 1. The van der Waals surface area contributed by atoms with Crippen LogP contribution in [0, 0.1) is 11.2 Å². The van der Waals surface area contributed by atoms with Gasteiger partial charge in [-0.2, -0.15) is 4.98 Å². The Morgan fingerprint density at radius 3 is 2.74 bits per heavy atom. The number of hydrogen-bond acceptors (Lipinski definition) is 5. The van der Waals surface area contributed by atoms with E-state index in [0.29, 0.717) is 26.1 Å². The van der Waals surface area contributed by atoms with Gasteiger partial charge in [0.25, 0.3) is 0 Å². The minimum atomic E-state index is -2.00. The van der Waals surface area contributed by atoms with Crippen molar-refractivity contribution in [2.75, 3.05) is 24.6 Å². The molecule has 2 atom stereocenters. The number of rotatable bonds is 5. The molecule has 0 spiro atoms. The highest BCUT2D eigenvalue weighted by Crippen LogP contribution is 2.62. The number of fused-ring (bicyclic) bond motifs is 1. The van der Waals surface area contributed by atoms with E-state index in [0.717, 1.165) is 6.20 Å². The molecule has 1 saturated heterocycles. The molecule has 2 heterocycles. The molecule has 1 aliphatic heterocycles. The van der Waals surface area contributed by atoms with Crippen LogP contribution in [0.15, 0.2) is 6.20 Å². The van der Waals surface area contributed by atoms with Crippen molar-refractivity contribution in [3.05, 3.63) is 17.3 Å². The van der Waals surface area contributed by atoms with Crippen molar-refractivity contribution in [2.45, 2.75) is 50.9 Å². The van der Waals surface area contributed by atoms with E-state index in [2.05, 4.69) is 49.1 Å². The van der Waals surface area contributed by atoms with Gasteiger partial charge in [0.1, 0.15) is 0 Å². The number of carboxylic acid groups (broad SMARTS) is 1.